The molecule has 2 aromatic heterocycles. The first-order valence-electron chi connectivity index (χ1n) is 8.54. The summed E-state index contributed by atoms with van der Waals surface area (Å²) in [5.41, 5.74) is 1.32. The lowest BCUT2D eigenvalue weighted by atomic mass is 10.1. The maximum Gasteiger partial charge on any atom is 0.219 e. The summed E-state index contributed by atoms with van der Waals surface area (Å²) in [5.74, 6) is 0.0511. The van der Waals surface area contributed by atoms with E-state index < -0.39 is 0 Å². The van der Waals surface area contributed by atoms with Gasteiger partial charge in [0.1, 0.15) is 0 Å². The normalized spacial score (nSPS) is 10.5. The van der Waals surface area contributed by atoms with E-state index in [1.807, 2.05) is 6.92 Å². The Labute approximate surface area is 152 Å². The van der Waals surface area contributed by atoms with Crippen LogP contribution in [0.2, 0.25) is 0 Å². The van der Waals surface area contributed by atoms with Gasteiger partial charge in [0.2, 0.25) is 11.7 Å². The van der Waals surface area contributed by atoms with E-state index in [0.29, 0.717) is 40.8 Å². The number of aromatic nitrogens is 2. The standard InChI is InChI=1S/C18H24N4O2S/c1-3-4-8-16(23)20-10-6-11-21-18-22-12-15(25-18)17(24)14-7-5-9-19-13(14)2/h5,7,9,12H,3-4,6,8,10-11H2,1-2H3,(H,20,23)(H,21,22). The third-order valence-electron chi connectivity index (χ3n) is 3.69. The van der Waals surface area contributed by atoms with Crippen LogP contribution in [-0.2, 0) is 4.79 Å². The Morgan fingerprint density at radius 2 is 2.04 bits per heavy atom. The number of hydrogen-bond donors (Lipinski definition) is 2. The first kappa shape index (κ1) is 19.1. The molecule has 2 heterocycles. The highest BCUT2D eigenvalue weighted by Crippen LogP contribution is 2.22. The highest BCUT2D eigenvalue weighted by molar-refractivity contribution is 7.17. The van der Waals surface area contributed by atoms with Crippen molar-refractivity contribution in [1.82, 2.24) is 15.3 Å². The third kappa shape index (κ3) is 5.94. The van der Waals surface area contributed by atoms with Crippen LogP contribution in [0.25, 0.3) is 0 Å². The fourth-order valence-electron chi connectivity index (χ4n) is 2.26. The molecular formula is C18H24N4O2S. The summed E-state index contributed by atoms with van der Waals surface area (Å²) in [6.45, 7) is 5.23. The van der Waals surface area contributed by atoms with Gasteiger partial charge in [0.25, 0.3) is 0 Å². The number of carbonyl (C=O) groups is 2. The van der Waals surface area contributed by atoms with Crippen LogP contribution in [0.1, 0.15) is 53.5 Å². The summed E-state index contributed by atoms with van der Waals surface area (Å²) in [6.07, 6.45) is 6.62. The van der Waals surface area contributed by atoms with Crippen molar-refractivity contribution in [1.29, 1.82) is 0 Å². The van der Waals surface area contributed by atoms with Gasteiger partial charge >= 0.3 is 0 Å². The van der Waals surface area contributed by atoms with E-state index in [0.717, 1.165) is 19.3 Å². The van der Waals surface area contributed by atoms with E-state index in [1.165, 1.54) is 11.3 Å². The maximum absolute atomic E-state index is 12.5. The first-order valence-corrected chi connectivity index (χ1v) is 9.36. The minimum Gasteiger partial charge on any atom is -0.361 e. The Morgan fingerprint density at radius 1 is 1.20 bits per heavy atom. The molecule has 134 valence electrons. The molecule has 0 bridgehead atoms. The Balaban J connectivity index is 1.75. The number of hydrogen-bond acceptors (Lipinski definition) is 6. The highest BCUT2D eigenvalue weighted by Gasteiger charge is 2.15. The molecule has 0 saturated heterocycles. The summed E-state index contributed by atoms with van der Waals surface area (Å²) in [7, 11) is 0. The van der Waals surface area contributed by atoms with Gasteiger partial charge in [-0.25, -0.2) is 4.98 Å². The van der Waals surface area contributed by atoms with Gasteiger partial charge in [-0.15, -0.1) is 0 Å². The summed E-state index contributed by atoms with van der Waals surface area (Å²) in [5, 5.41) is 6.80. The molecule has 2 N–H and O–H groups in total. The molecule has 0 aliphatic rings. The molecule has 0 radical (unpaired) electrons. The Kier molecular flexibility index (Phi) is 7.53. The van der Waals surface area contributed by atoms with Crippen molar-refractivity contribution in [3.05, 3.63) is 40.7 Å². The first-order chi connectivity index (χ1) is 12.1. The summed E-state index contributed by atoms with van der Waals surface area (Å²) in [6, 6.07) is 3.54. The molecule has 0 unspecified atom stereocenters. The minimum atomic E-state index is -0.0562. The second-order valence-corrected chi connectivity index (χ2v) is 6.76. The van der Waals surface area contributed by atoms with Gasteiger partial charge in [-0.05, 0) is 31.9 Å². The lowest BCUT2D eigenvalue weighted by Crippen LogP contribution is -2.25. The van der Waals surface area contributed by atoms with Crippen molar-refractivity contribution in [2.75, 3.05) is 18.4 Å². The Hall–Kier alpha value is -2.28. The van der Waals surface area contributed by atoms with E-state index in [2.05, 4.69) is 27.5 Å². The monoisotopic (exact) mass is 360 g/mol. The van der Waals surface area contributed by atoms with Crippen LogP contribution in [0.4, 0.5) is 5.13 Å². The number of thiazole rings is 1. The number of nitrogens with one attached hydrogen (secondary N) is 2. The Bertz CT molecular complexity index is 715. The van der Waals surface area contributed by atoms with Gasteiger partial charge in [0.15, 0.2) is 5.13 Å². The number of carbonyl (C=O) groups excluding carboxylic acids is 2. The molecule has 2 rings (SSSR count). The van der Waals surface area contributed by atoms with E-state index in [1.54, 1.807) is 24.5 Å². The smallest absolute Gasteiger partial charge is 0.219 e. The van der Waals surface area contributed by atoms with Gasteiger partial charge in [0, 0.05) is 37.0 Å². The molecule has 0 fully saturated rings. The van der Waals surface area contributed by atoms with Crippen LogP contribution in [-0.4, -0.2) is 34.7 Å². The number of aryl methyl sites for hydroxylation is 1. The van der Waals surface area contributed by atoms with Crippen LogP contribution in [0.15, 0.2) is 24.5 Å². The van der Waals surface area contributed by atoms with Crippen molar-refractivity contribution in [2.24, 2.45) is 0 Å². The molecule has 0 aromatic carbocycles. The fraction of sp³-hybridized carbons (Fsp3) is 0.444. The number of pyridine rings is 1. The third-order valence-corrected chi connectivity index (χ3v) is 4.64. The number of amides is 1. The van der Waals surface area contributed by atoms with Gasteiger partial charge in [-0.3, -0.25) is 14.6 Å². The predicted octanol–water partition coefficient (Wildman–Crippen LogP) is 3.19. The average molecular weight is 360 g/mol. The number of anilines is 1. The molecule has 0 saturated carbocycles. The number of unbranched alkanes of at least 4 members (excludes halogenated alkanes) is 1. The van der Waals surface area contributed by atoms with Crippen molar-refractivity contribution >= 4 is 28.2 Å². The van der Waals surface area contributed by atoms with Gasteiger partial charge in [-0.1, -0.05) is 24.7 Å². The zero-order valence-electron chi connectivity index (χ0n) is 14.7. The predicted molar refractivity (Wildman–Crippen MR) is 100 cm³/mol. The minimum absolute atomic E-state index is 0.0562. The van der Waals surface area contributed by atoms with Crippen molar-refractivity contribution in [2.45, 2.75) is 39.5 Å². The molecule has 6 nitrogen and oxygen atoms in total. The number of ketones is 1. The quantitative estimate of drug-likeness (QED) is 0.502. The summed E-state index contributed by atoms with van der Waals surface area (Å²) < 4.78 is 0. The molecule has 2 aromatic rings. The molecule has 0 atom stereocenters. The lowest BCUT2D eigenvalue weighted by molar-refractivity contribution is -0.121. The zero-order chi connectivity index (χ0) is 18.1. The SMILES string of the molecule is CCCCC(=O)NCCCNc1ncc(C(=O)c2cccnc2C)s1. The maximum atomic E-state index is 12.5. The molecule has 7 heteroatoms. The van der Waals surface area contributed by atoms with Crippen LogP contribution >= 0.6 is 11.3 Å². The molecule has 0 spiro atoms. The van der Waals surface area contributed by atoms with Gasteiger partial charge in [0.05, 0.1) is 11.1 Å². The topological polar surface area (TPSA) is 84.0 Å². The average Bonchev–Trinajstić information content (AvgIpc) is 3.08. The van der Waals surface area contributed by atoms with Gasteiger partial charge in [-0.2, -0.15) is 0 Å². The van der Waals surface area contributed by atoms with Crippen molar-refractivity contribution < 1.29 is 9.59 Å². The molecule has 25 heavy (non-hydrogen) atoms. The lowest BCUT2D eigenvalue weighted by Gasteiger charge is -2.05. The van der Waals surface area contributed by atoms with Gasteiger partial charge < -0.3 is 10.6 Å². The van der Waals surface area contributed by atoms with Crippen LogP contribution < -0.4 is 10.6 Å². The van der Waals surface area contributed by atoms with E-state index in [9.17, 15) is 9.59 Å². The van der Waals surface area contributed by atoms with E-state index in [4.69, 9.17) is 0 Å². The van der Waals surface area contributed by atoms with Crippen LogP contribution in [0, 0.1) is 6.92 Å². The van der Waals surface area contributed by atoms with Crippen molar-refractivity contribution in [3.63, 3.8) is 0 Å². The summed E-state index contributed by atoms with van der Waals surface area (Å²) >= 11 is 1.33. The highest BCUT2D eigenvalue weighted by atomic mass is 32.1. The molecule has 0 aliphatic heterocycles. The fourth-order valence-corrected chi connectivity index (χ4v) is 3.05. The second kappa shape index (κ2) is 9.88. The van der Waals surface area contributed by atoms with Crippen LogP contribution in [0.5, 0.6) is 0 Å². The second-order valence-electron chi connectivity index (χ2n) is 5.73. The Morgan fingerprint density at radius 3 is 2.80 bits per heavy atom. The number of rotatable bonds is 10. The van der Waals surface area contributed by atoms with E-state index in [-0.39, 0.29) is 11.7 Å². The molecular weight excluding hydrogens is 336 g/mol. The van der Waals surface area contributed by atoms with E-state index >= 15 is 0 Å². The molecule has 1 amide bonds. The summed E-state index contributed by atoms with van der Waals surface area (Å²) in [4.78, 5) is 32.9. The number of nitrogens with zero attached hydrogens (tertiary/aromatic N) is 2. The molecule has 0 aliphatic carbocycles. The van der Waals surface area contributed by atoms with Crippen LogP contribution in [0.3, 0.4) is 0 Å². The zero-order valence-corrected chi connectivity index (χ0v) is 15.5. The van der Waals surface area contributed by atoms with Crippen molar-refractivity contribution in [3.8, 4) is 0 Å². The largest absolute Gasteiger partial charge is 0.361 e.